The molecule has 1 aromatic carbocycles. The maximum atomic E-state index is 6.21. The second-order valence-electron chi connectivity index (χ2n) is 4.98. The summed E-state index contributed by atoms with van der Waals surface area (Å²) >= 11 is 0. The number of benzene rings is 1. The van der Waals surface area contributed by atoms with Gasteiger partial charge in [-0.05, 0) is 24.3 Å². The zero-order chi connectivity index (χ0) is 13.2. The zero-order valence-corrected chi connectivity index (χ0v) is 11.8. The fourth-order valence-electron chi connectivity index (χ4n) is 2.12. The van der Waals surface area contributed by atoms with E-state index in [4.69, 9.17) is 10.5 Å². The molecule has 0 heterocycles. The molecule has 2 heteroatoms. The second-order valence-corrected chi connectivity index (χ2v) is 4.98. The van der Waals surface area contributed by atoms with E-state index in [1.807, 2.05) is 18.2 Å². The molecular formula is C16H27NO. The number of unbranched alkanes of at least 4 members (excludes halogenated alkanes) is 1. The van der Waals surface area contributed by atoms with E-state index in [0.29, 0.717) is 12.5 Å². The molecule has 0 unspecified atom stereocenters. The molecule has 0 bridgehead atoms. The molecule has 1 rings (SSSR count). The van der Waals surface area contributed by atoms with Gasteiger partial charge in [0.15, 0.2) is 0 Å². The Morgan fingerprint density at radius 3 is 2.50 bits per heavy atom. The van der Waals surface area contributed by atoms with Gasteiger partial charge in [0.05, 0.1) is 13.2 Å². The lowest BCUT2D eigenvalue weighted by atomic mass is 9.94. The number of ether oxygens (including phenoxy) is 1. The molecule has 0 saturated carbocycles. The third-order valence-electron chi connectivity index (χ3n) is 3.46. The van der Waals surface area contributed by atoms with Crippen LogP contribution in [0.3, 0.4) is 0 Å². The van der Waals surface area contributed by atoms with Crippen molar-refractivity contribution in [2.45, 2.75) is 52.2 Å². The highest BCUT2D eigenvalue weighted by molar-refractivity contribution is 5.13. The highest BCUT2D eigenvalue weighted by Gasteiger charge is 2.15. The molecule has 0 aromatic heterocycles. The highest BCUT2D eigenvalue weighted by atomic mass is 16.5. The summed E-state index contributed by atoms with van der Waals surface area (Å²) in [7, 11) is 0. The van der Waals surface area contributed by atoms with Crippen molar-refractivity contribution < 1.29 is 4.74 Å². The number of rotatable bonds is 9. The van der Waals surface area contributed by atoms with E-state index < -0.39 is 0 Å². The van der Waals surface area contributed by atoms with Gasteiger partial charge in [0, 0.05) is 6.04 Å². The Morgan fingerprint density at radius 1 is 1.17 bits per heavy atom. The maximum absolute atomic E-state index is 6.21. The summed E-state index contributed by atoms with van der Waals surface area (Å²) in [6.07, 6.45) is 4.65. The average Bonchev–Trinajstić information content (AvgIpc) is 2.42. The Kier molecular flexibility index (Phi) is 7.70. The van der Waals surface area contributed by atoms with Crippen LogP contribution < -0.4 is 5.73 Å². The zero-order valence-electron chi connectivity index (χ0n) is 11.8. The van der Waals surface area contributed by atoms with Crippen molar-refractivity contribution in [2.24, 2.45) is 11.7 Å². The van der Waals surface area contributed by atoms with Gasteiger partial charge in [0.2, 0.25) is 0 Å². The van der Waals surface area contributed by atoms with Crippen LogP contribution in [0.5, 0.6) is 0 Å². The van der Waals surface area contributed by atoms with Crippen LogP contribution in [0.4, 0.5) is 0 Å². The van der Waals surface area contributed by atoms with Crippen molar-refractivity contribution >= 4 is 0 Å². The van der Waals surface area contributed by atoms with Crippen molar-refractivity contribution in [1.29, 1.82) is 0 Å². The third kappa shape index (κ3) is 5.65. The second kappa shape index (κ2) is 9.12. The van der Waals surface area contributed by atoms with Crippen molar-refractivity contribution in [3.63, 3.8) is 0 Å². The Morgan fingerprint density at radius 2 is 1.89 bits per heavy atom. The third-order valence-corrected chi connectivity index (χ3v) is 3.46. The smallest absolute Gasteiger partial charge is 0.0717 e. The quantitative estimate of drug-likeness (QED) is 0.723. The summed E-state index contributed by atoms with van der Waals surface area (Å²) in [5.41, 5.74) is 7.44. The lowest BCUT2D eigenvalue weighted by molar-refractivity contribution is 0.0754. The number of nitrogens with two attached hydrogens (primary N) is 1. The van der Waals surface area contributed by atoms with E-state index in [1.165, 1.54) is 18.4 Å². The van der Waals surface area contributed by atoms with Crippen LogP contribution in [0.25, 0.3) is 0 Å². The van der Waals surface area contributed by atoms with Crippen LogP contribution in [0.1, 0.15) is 45.1 Å². The first-order valence-electron chi connectivity index (χ1n) is 7.15. The van der Waals surface area contributed by atoms with Crippen LogP contribution >= 0.6 is 0 Å². The minimum atomic E-state index is 0.283. The van der Waals surface area contributed by atoms with Gasteiger partial charge in [0.25, 0.3) is 0 Å². The molecule has 0 aliphatic heterocycles. The van der Waals surface area contributed by atoms with E-state index in [2.05, 4.69) is 26.0 Å². The fraction of sp³-hybridized carbons (Fsp3) is 0.625. The summed E-state index contributed by atoms with van der Waals surface area (Å²) < 4.78 is 5.79. The molecule has 18 heavy (non-hydrogen) atoms. The monoisotopic (exact) mass is 249 g/mol. The summed E-state index contributed by atoms with van der Waals surface area (Å²) in [5, 5.41) is 0. The molecule has 0 saturated heterocycles. The van der Waals surface area contributed by atoms with Gasteiger partial charge in [-0.15, -0.1) is 0 Å². The molecule has 0 spiro atoms. The molecule has 2 nitrogen and oxygen atoms in total. The Balaban J connectivity index is 2.26. The molecule has 2 atom stereocenters. The molecule has 0 amide bonds. The summed E-state index contributed by atoms with van der Waals surface area (Å²) in [6.45, 7) is 5.87. The van der Waals surface area contributed by atoms with E-state index in [1.54, 1.807) is 0 Å². The predicted molar refractivity (Wildman–Crippen MR) is 77.4 cm³/mol. The van der Waals surface area contributed by atoms with Gasteiger partial charge in [-0.3, -0.25) is 0 Å². The number of hydrogen-bond acceptors (Lipinski definition) is 2. The van der Waals surface area contributed by atoms with Crippen LogP contribution in [-0.4, -0.2) is 12.6 Å². The standard InChI is InChI=1S/C16H27NO/c1-3-5-11-16(17)15(4-2)13-18-12-14-9-7-6-8-10-14/h6-10,15-16H,3-5,11-13,17H2,1-2H3/t15-,16+/m0/s1. The van der Waals surface area contributed by atoms with Crippen LogP contribution in [0, 0.1) is 5.92 Å². The van der Waals surface area contributed by atoms with Gasteiger partial charge in [-0.25, -0.2) is 0 Å². The lowest BCUT2D eigenvalue weighted by Crippen LogP contribution is -2.32. The minimum Gasteiger partial charge on any atom is -0.376 e. The lowest BCUT2D eigenvalue weighted by Gasteiger charge is -2.22. The first-order valence-corrected chi connectivity index (χ1v) is 7.15. The molecule has 2 N–H and O–H groups in total. The molecule has 0 aliphatic rings. The number of hydrogen-bond donors (Lipinski definition) is 1. The fourth-order valence-corrected chi connectivity index (χ4v) is 2.12. The van der Waals surface area contributed by atoms with Gasteiger partial charge in [-0.2, -0.15) is 0 Å². The molecule has 1 aromatic rings. The molecular weight excluding hydrogens is 222 g/mol. The van der Waals surface area contributed by atoms with Crippen molar-refractivity contribution in [1.82, 2.24) is 0 Å². The Hall–Kier alpha value is -0.860. The molecule has 102 valence electrons. The van der Waals surface area contributed by atoms with Gasteiger partial charge < -0.3 is 10.5 Å². The molecule has 0 aliphatic carbocycles. The maximum Gasteiger partial charge on any atom is 0.0717 e. The normalized spacial score (nSPS) is 14.4. The van der Waals surface area contributed by atoms with Crippen LogP contribution in [0.2, 0.25) is 0 Å². The van der Waals surface area contributed by atoms with E-state index in [-0.39, 0.29) is 6.04 Å². The predicted octanol–water partition coefficient (Wildman–Crippen LogP) is 3.75. The summed E-state index contributed by atoms with van der Waals surface area (Å²) in [5.74, 6) is 0.486. The average molecular weight is 249 g/mol. The Labute approximate surface area is 112 Å². The summed E-state index contributed by atoms with van der Waals surface area (Å²) in [4.78, 5) is 0. The topological polar surface area (TPSA) is 35.2 Å². The van der Waals surface area contributed by atoms with E-state index in [9.17, 15) is 0 Å². The van der Waals surface area contributed by atoms with Gasteiger partial charge >= 0.3 is 0 Å². The Bertz CT molecular complexity index is 299. The van der Waals surface area contributed by atoms with Crippen molar-refractivity contribution in [3.8, 4) is 0 Å². The van der Waals surface area contributed by atoms with Crippen molar-refractivity contribution in [3.05, 3.63) is 35.9 Å². The SMILES string of the molecule is CCCC[C@@H](N)[C@@H](CC)COCc1ccccc1. The van der Waals surface area contributed by atoms with E-state index in [0.717, 1.165) is 19.4 Å². The molecule has 0 radical (unpaired) electrons. The van der Waals surface area contributed by atoms with Crippen LogP contribution in [0.15, 0.2) is 30.3 Å². The molecule has 0 fully saturated rings. The first kappa shape index (κ1) is 15.2. The van der Waals surface area contributed by atoms with Crippen LogP contribution in [-0.2, 0) is 11.3 Å². The van der Waals surface area contributed by atoms with Crippen molar-refractivity contribution in [2.75, 3.05) is 6.61 Å². The largest absolute Gasteiger partial charge is 0.376 e. The minimum absolute atomic E-state index is 0.283. The van der Waals surface area contributed by atoms with Gasteiger partial charge in [-0.1, -0.05) is 57.0 Å². The first-order chi connectivity index (χ1) is 8.77. The highest BCUT2D eigenvalue weighted by Crippen LogP contribution is 2.14. The van der Waals surface area contributed by atoms with Gasteiger partial charge in [0.1, 0.15) is 0 Å². The summed E-state index contributed by atoms with van der Waals surface area (Å²) in [6, 6.07) is 10.6. The van der Waals surface area contributed by atoms with E-state index >= 15 is 0 Å².